The van der Waals surface area contributed by atoms with Crippen molar-refractivity contribution in [3.63, 3.8) is 0 Å². The van der Waals surface area contributed by atoms with Crippen LogP contribution < -0.4 is 0 Å². The third kappa shape index (κ3) is 2.78. The minimum absolute atomic E-state index is 0.130. The summed E-state index contributed by atoms with van der Waals surface area (Å²) in [6, 6.07) is 22.5. The minimum atomic E-state index is -0.381. The molecular formula is C23H20N2O. The molecule has 0 bridgehead atoms. The smallest absolute Gasteiger partial charge is 0.161 e. The van der Waals surface area contributed by atoms with Crippen LogP contribution in [-0.4, -0.2) is 11.5 Å². The zero-order valence-corrected chi connectivity index (χ0v) is 14.7. The highest BCUT2D eigenvalue weighted by atomic mass is 16.1. The lowest BCUT2D eigenvalue weighted by atomic mass is 9.70. The second kappa shape index (κ2) is 6.72. The van der Waals surface area contributed by atoms with E-state index in [2.05, 4.69) is 18.2 Å². The first-order valence-corrected chi connectivity index (χ1v) is 9.00. The van der Waals surface area contributed by atoms with Gasteiger partial charge in [0.05, 0.1) is 12.0 Å². The molecule has 0 saturated carbocycles. The molecule has 0 radical (unpaired) electrons. The van der Waals surface area contributed by atoms with Gasteiger partial charge in [-0.25, -0.2) is 0 Å². The SMILES string of the molecule is CC1=NC2=C(C(=O)C[C@@H](c3ccccc3)C2)[C@H](c2ccccc2)C1C#N. The number of aliphatic imine (C=N–C) groups is 1. The summed E-state index contributed by atoms with van der Waals surface area (Å²) in [6.07, 6.45) is 1.24. The summed E-state index contributed by atoms with van der Waals surface area (Å²) in [4.78, 5) is 17.8. The predicted molar refractivity (Wildman–Crippen MR) is 102 cm³/mol. The van der Waals surface area contributed by atoms with E-state index in [1.807, 2.05) is 55.5 Å². The van der Waals surface area contributed by atoms with E-state index in [1.165, 1.54) is 5.56 Å². The number of carbonyl (C=O) groups excluding carboxylic acids is 1. The summed E-state index contributed by atoms with van der Waals surface area (Å²) in [7, 11) is 0. The van der Waals surface area contributed by atoms with Crippen molar-refractivity contribution in [3.8, 4) is 6.07 Å². The molecule has 1 aliphatic heterocycles. The number of carbonyl (C=O) groups is 1. The van der Waals surface area contributed by atoms with Crippen LogP contribution >= 0.6 is 0 Å². The summed E-state index contributed by atoms with van der Waals surface area (Å²) in [5.74, 6) is -0.300. The second-order valence-corrected chi connectivity index (χ2v) is 7.05. The second-order valence-electron chi connectivity index (χ2n) is 7.05. The molecule has 1 unspecified atom stereocenters. The fraction of sp³-hybridized carbons (Fsp3) is 0.261. The average Bonchev–Trinajstić information content (AvgIpc) is 2.68. The van der Waals surface area contributed by atoms with Crippen LogP contribution in [-0.2, 0) is 4.79 Å². The molecule has 0 N–H and O–H groups in total. The number of Topliss-reactive ketones (excluding diaryl/α,β-unsaturated/α-hetero) is 1. The van der Waals surface area contributed by atoms with Gasteiger partial charge < -0.3 is 0 Å². The van der Waals surface area contributed by atoms with Crippen LogP contribution in [0.3, 0.4) is 0 Å². The fourth-order valence-corrected chi connectivity index (χ4v) is 4.21. The van der Waals surface area contributed by atoms with E-state index >= 15 is 0 Å². The first-order chi connectivity index (χ1) is 12.7. The highest BCUT2D eigenvalue weighted by molar-refractivity contribution is 6.03. The molecule has 2 aromatic carbocycles. The Morgan fingerprint density at radius 3 is 2.19 bits per heavy atom. The van der Waals surface area contributed by atoms with Crippen molar-refractivity contribution < 1.29 is 4.79 Å². The Labute approximate surface area is 153 Å². The molecule has 0 fully saturated rings. The molecule has 1 aliphatic carbocycles. The lowest BCUT2D eigenvalue weighted by molar-refractivity contribution is -0.116. The zero-order chi connectivity index (χ0) is 18.1. The molecular weight excluding hydrogens is 320 g/mol. The van der Waals surface area contributed by atoms with Gasteiger partial charge in [-0.1, -0.05) is 60.7 Å². The number of nitrogens with zero attached hydrogens (tertiary/aromatic N) is 2. The van der Waals surface area contributed by atoms with Crippen LogP contribution in [0.5, 0.6) is 0 Å². The van der Waals surface area contributed by atoms with E-state index < -0.39 is 0 Å². The number of allylic oxidation sites excluding steroid dienone is 2. The van der Waals surface area contributed by atoms with Crippen LogP contribution in [0.4, 0.5) is 0 Å². The molecule has 1 heterocycles. The Hall–Kier alpha value is -2.99. The molecule has 3 heteroatoms. The number of hydrogen-bond acceptors (Lipinski definition) is 3. The minimum Gasteiger partial charge on any atom is -0.294 e. The molecule has 0 amide bonds. The van der Waals surface area contributed by atoms with E-state index in [9.17, 15) is 10.1 Å². The van der Waals surface area contributed by atoms with Crippen molar-refractivity contribution in [2.24, 2.45) is 10.9 Å². The van der Waals surface area contributed by atoms with Gasteiger partial charge in [0, 0.05) is 29.3 Å². The number of nitriles is 1. The van der Waals surface area contributed by atoms with E-state index in [0.717, 1.165) is 29.0 Å². The number of ketones is 1. The normalized spacial score (nSPS) is 25.3. The summed E-state index contributed by atoms with van der Waals surface area (Å²) < 4.78 is 0. The molecule has 128 valence electrons. The van der Waals surface area contributed by atoms with Crippen LogP contribution in [0.25, 0.3) is 0 Å². The molecule has 4 rings (SSSR count). The maximum atomic E-state index is 13.1. The van der Waals surface area contributed by atoms with Gasteiger partial charge >= 0.3 is 0 Å². The largest absolute Gasteiger partial charge is 0.294 e. The molecule has 2 aliphatic rings. The van der Waals surface area contributed by atoms with Gasteiger partial charge in [0.15, 0.2) is 5.78 Å². The third-order valence-electron chi connectivity index (χ3n) is 5.46. The van der Waals surface area contributed by atoms with Crippen molar-refractivity contribution in [2.45, 2.75) is 31.6 Å². The first-order valence-electron chi connectivity index (χ1n) is 9.00. The molecule has 3 nitrogen and oxygen atoms in total. The van der Waals surface area contributed by atoms with Gasteiger partial charge in [-0.2, -0.15) is 5.26 Å². The highest BCUT2D eigenvalue weighted by Crippen LogP contribution is 2.46. The van der Waals surface area contributed by atoms with Gasteiger partial charge in [-0.3, -0.25) is 9.79 Å². The summed E-state index contributed by atoms with van der Waals surface area (Å²) in [5.41, 5.74) is 4.63. The number of benzene rings is 2. The van der Waals surface area contributed by atoms with Gasteiger partial charge in [0.2, 0.25) is 0 Å². The Morgan fingerprint density at radius 1 is 0.962 bits per heavy atom. The molecule has 0 aromatic heterocycles. The standard InChI is InChI=1S/C23H20N2O/c1-15-19(14-24)22(17-10-6-3-7-11-17)23-20(25-15)12-18(13-21(23)26)16-8-4-2-5-9-16/h2-11,18-19,22H,12-13H2,1H3/t18-,19?,22+/m0/s1. The van der Waals surface area contributed by atoms with Crippen LogP contribution in [0.2, 0.25) is 0 Å². The monoisotopic (exact) mass is 340 g/mol. The summed E-state index contributed by atoms with van der Waals surface area (Å²) in [6.45, 7) is 1.91. The fourth-order valence-electron chi connectivity index (χ4n) is 4.21. The van der Waals surface area contributed by atoms with Crippen molar-refractivity contribution >= 4 is 11.5 Å². The van der Waals surface area contributed by atoms with E-state index in [1.54, 1.807) is 0 Å². The quantitative estimate of drug-likeness (QED) is 0.789. The van der Waals surface area contributed by atoms with Crippen molar-refractivity contribution in [1.29, 1.82) is 5.26 Å². The van der Waals surface area contributed by atoms with Crippen molar-refractivity contribution in [2.75, 3.05) is 0 Å². The predicted octanol–water partition coefficient (Wildman–Crippen LogP) is 4.79. The topological polar surface area (TPSA) is 53.2 Å². The molecule has 2 aromatic rings. The molecule has 0 saturated heterocycles. The Morgan fingerprint density at radius 2 is 1.58 bits per heavy atom. The van der Waals surface area contributed by atoms with Gasteiger partial charge in [-0.15, -0.1) is 0 Å². The summed E-state index contributed by atoms with van der Waals surface area (Å²) >= 11 is 0. The maximum Gasteiger partial charge on any atom is 0.161 e. The van der Waals surface area contributed by atoms with Crippen molar-refractivity contribution in [1.82, 2.24) is 0 Å². The van der Waals surface area contributed by atoms with Gasteiger partial charge in [-0.05, 0) is 30.4 Å². The molecule has 26 heavy (non-hydrogen) atoms. The highest BCUT2D eigenvalue weighted by Gasteiger charge is 2.41. The number of rotatable bonds is 2. The maximum absolute atomic E-state index is 13.1. The van der Waals surface area contributed by atoms with Crippen molar-refractivity contribution in [3.05, 3.63) is 83.1 Å². The molecule has 3 atom stereocenters. The van der Waals surface area contributed by atoms with Crippen LogP contribution in [0.15, 0.2) is 76.9 Å². The average molecular weight is 340 g/mol. The Balaban J connectivity index is 1.80. The first kappa shape index (κ1) is 16.5. The van der Waals surface area contributed by atoms with E-state index in [0.29, 0.717) is 6.42 Å². The third-order valence-corrected chi connectivity index (χ3v) is 5.46. The Bertz CT molecular complexity index is 935. The Kier molecular flexibility index (Phi) is 4.26. The summed E-state index contributed by atoms with van der Waals surface area (Å²) in [5, 5.41) is 9.73. The zero-order valence-electron chi connectivity index (χ0n) is 14.7. The van der Waals surface area contributed by atoms with Gasteiger partial charge in [0.1, 0.15) is 0 Å². The van der Waals surface area contributed by atoms with Crippen LogP contribution in [0, 0.1) is 17.2 Å². The lowest BCUT2D eigenvalue weighted by Crippen LogP contribution is -2.32. The van der Waals surface area contributed by atoms with E-state index in [-0.39, 0.29) is 23.5 Å². The van der Waals surface area contributed by atoms with Crippen LogP contribution in [0.1, 0.15) is 42.7 Å². The molecule has 0 spiro atoms. The van der Waals surface area contributed by atoms with Gasteiger partial charge in [0.25, 0.3) is 0 Å². The number of hydrogen-bond donors (Lipinski definition) is 0. The lowest BCUT2D eigenvalue weighted by Gasteiger charge is -2.35. The van der Waals surface area contributed by atoms with E-state index in [4.69, 9.17) is 4.99 Å².